The van der Waals surface area contributed by atoms with Gasteiger partial charge < -0.3 is 4.90 Å². The molecule has 0 radical (unpaired) electrons. The molecule has 142 valence electrons. The molecule has 6 heteroatoms. The normalized spacial score (nSPS) is 11.3. The number of likely N-dealkylation sites (N-methyl/N-ethyl adjacent to an activating group) is 1. The Labute approximate surface area is 163 Å². The SMILES string of the molecule is CCN(CC)CCN(C(=O)c1ccccc1F)c1nc2c(C)cccc2s1. The van der Waals surface area contributed by atoms with E-state index in [1.807, 2.05) is 25.1 Å². The van der Waals surface area contributed by atoms with E-state index >= 15 is 0 Å². The Bertz CT molecular complexity index is 936. The highest BCUT2D eigenvalue weighted by molar-refractivity contribution is 7.22. The van der Waals surface area contributed by atoms with Gasteiger partial charge in [-0.05, 0) is 43.8 Å². The first kappa shape index (κ1) is 19.5. The average Bonchev–Trinajstić information content (AvgIpc) is 3.10. The van der Waals surface area contributed by atoms with E-state index in [1.165, 1.54) is 23.5 Å². The van der Waals surface area contributed by atoms with Crippen molar-refractivity contribution in [3.05, 3.63) is 59.4 Å². The number of halogens is 1. The number of carbonyl (C=O) groups is 1. The lowest BCUT2D eigenvalue weighted by atomic mass is 10.2. The number of hydrogen-bond donors (Lipinski definition) is 0. The standard InChI is InChI=1S/C21H24FN3OS/c1-4-24(5-2)13-14-25(20(26)16-10-6-7-11-17(16)22)21-23-19-15(3)9-8-12-18(19)27-21/h6-12H,4-5,13-14H2,1-3H3. The van der Waals surface area contributed by atoms with Crippen molar-refractivity contribution in [3.63, 3.8) is 0 Å². The van der Waals surface area contributed by atoms with Gasteiger partial charge in [0, 0.05) is 13.1 Å². The number of nitrogens with zero attached hydrogens (tertiary/aromatic N) is 3. The Morgan fingerprint density at radius 3 is 2.48 bits per heavy atom. The minimum absolute atomic E-state index is 0.0769. The Morgan fingerprint density at radius 2 is 1.81 bits per heavy atom. The van der Waals surface area contributed by atoms with E-state index in [2.05, 4.69) is 18.7 Å². The second-order valence-corrected chi connectivity index (χ2v) is 7.39. The first-order chi connectivity index (χ1) is 13.0. The van der Waals surface area contributed by atoms with E-state index in [0.717, 1.165) is 28.9 Å². The van der Waals surface area contributed by atoms with Crippen LogP contribution in [0.4, 0.5) is 9.52 Å². The number of amides is 1. The number of thiazole rings is 1. The third-order valence-corrected chi connectivity index (χ3v) is 5.77. The topological polar surface area (TPSA) is 36.4 Å². The monoisotopic (exact) mass is 385 g/mol. The molecular formula is C21H24FN3OS. The van der Waals surface area contributed by atoms with E-state index in [0.29, 0.717) is 18.2 Å². The van der Waals surface area contributed by atoms with Gasteiger partial charge in [0.1, 0.15) is 5.82 Å². The number of benzene rings is 2. The number of rotatable bonds is 7. The number of hydrogen-bond acceptors (Lipinski definition) is 4. The minimum Gasteiger partial charge on any atom is -0.302 e. The molecule has 0 aliphatic rings. The van der Waals surface area contributed by atoms with Crippen LogP contribution in [0, 0.1) is 12.7 Å². The molecule has 1 heterocycles. The molecule has 0 aliphatic heterocycles. The van der Waals surface area contributed by atoms with E-state index in [1.54, 1.807) is 17.0 Å². The highest BCUT2D eigenvalue weighted by Crippen LogP contribution is 2.31. The largest absolute Gasteiger partial charge is 0.302 e. The van der Waals surface area contributed by atoms with Crippen LogP contribution < -0.4 is 4.90 Å². The fourth-order valence-electron chi connectivity index (χ4n) is 3.04. The lowest BCUT2D eigenvalue weighted by Crippen LogP contribution is -2.39. The molecule has 0 saturated carbocycles. The maximum absolute atomic E-state index is 14.2. The zero-order chi connectivity index (χ0) is 19.4. The lowest BCUT2D eigenvalue weighted by molar-refractivity contribution is 0.0980. The number of fused-ring (bicyclic) bond motifs is 1. The van der Waals surface area contributed by atoms with Crippen molar-refractivity contribution < 1.29 is 9.18 Å². The van der Waals surface area contributed by atoms with Crippen molar-refractivity contribution in [1.29, 1.82) is 0 Å². The minimum atomic E-state index is -0.507. The third kappa shape index (κ3) is 4.17. The van der Waals surface area contributed by atoms with E-state index in [4.69, 9.17) is 4.98 Å². The van der Waals surface area contributed by atoms with E-state index < -0.39 is 5.82 Å². The summed E-state index contributed by atoms with van der Waals surface area (Å²) in [6, 6.07) is 12.1. The van der Waals surface area contributed by atoms with Gasteiger partial charge >= 0.3 is 0 Å². The lowest BCUT2D eigenvalue weighted by Gasteiger charge is -2.24. The number of anilines is 1. The fourth-order valence-corrected chi connectivity index (χ4v) is 4.10. The van der Waals surface area contributed by atoms with Crippen molar-refractivity contribution in [2.24, 2.45) is 0 Å². The predicted molar refractivity (Wildman–Crippen MR) is 110 cm³/mol. The van der Waals surface area contributed by atoms with Gasteiger partial charge in [0.25, 0.3) is 5.91 Å². The Morgan fingerprint density at radius 1 is 1.07 bits per heavy atom. The quantitative estimate of drug-likeness (QED) is 0.590. The van der Waals surface area contributed by atoms with Crippen molar-refractivity contribution >= 4 is 32.6 Å². The van der Waals surface area contributed by atoms with Gasteiger partial charge in [-0.15, -0.1) is 0 Å². The predicted octanol–water partition coefficient (Wildman–Crippen LogP) is 4.73. The summed E-state index contributed by atoms with van der Waals surface area (Å²) in [7, 11) is 0. The van der Waals surface area contributed by atoms with E-state index in [-0.39, 0.29) is 11.5 Å². The number of carbonyl (C=O) groups excluding carboxylic acids is 1. The maximum Gasteiger partial charge on any atom is 0.263 e. The van der Waals surface area contributed by atoms with Gasteiger partial charge in [0.15, 0.2) is 5.13 Å². The van der Waals surface area contributed by atoms with Crippen molar-refractivity contribution in [2.45, 2.75) is 20.8 Å². The molecule has 0 atom stereocenters. The van der Waals surface area contributed by atoms with Crippen LogP contribution in [0.15, 0.2) is 42.5 Å². The molecule has 27 heavy (non-hydrogen) atoms. The summed E-state index contributed by atoms with van der Waals surface area (Å²) in [6.45, 7) is 9.16. The van der Waals surface area contributed by atoms with E-state index in [9.17, 15) is 9.18 Å². The molecule has 1 aromatic heterocycles. The highest BCUT2D eigenvalue weighted by atomic mass is 32.1. The summed E-state index contributed by atoms with van der Waals surface area (Å²) in [5.41, 5.74) is 2.04. The fraction of sp³-hybridized carbons (Fsp3) is 0.333. The molecule has 0 saturated heterocycles. The third-order valence-electron chi connectivity index (χ3n) is 4.72. The second kappa shape index (κ2) is 8.59. The van der Waals surface area contributed by atoms with Crippen LogP contribution >= 0.6 is 11.3 Å². The summed E-state index contributed by atoms with van der Waals surface area (Å²) in [5, 5.41) is 0.611. The molecule has 4 nitrogen and oxygen atoms in total. The zero-order valence-electron chi connectivity index (χ0n) is 15.9. The van der Waals surface area contributed by atoms with Crippen molar-refractivity contribution in [1.82, 2.24) is 9.88 Å². The van der Waals surface area contributed by atoms with Gasteiger partial charge in [-0.1, -0.05) is 49.4 Å². The van der Waals surface area contributed by atoms with Crippen LogP contribution in [0.1, 0.15) is 29.8 Å². The molecular weight excluding hydrogens is 361 g/mol. The first-order valence-corrected chi connectivity index (χ1v) is 10.0. The van der Waals surface area contributed by atoms with Crippen molar-refractivity contribution in [3.8, 4) is 0 Å². The van der Waals surface area contributed by atoms with Crippen LogP contribution in [-0.4, -0.2) is 42.0 Å². The molecule has 0 unspecified atom stereocenters. The first-order valence-electron chi connectivity index (χ1n) is 9.20. The molecule has 0 N–H and O–H groups in total. The average molecular weight is 386 g/mol. The molecule has 0 bridgehead atoms. The molecule has 2 aromatic carbocycles. The molecule has 0 aliphatic carbocycles. The van der Waals surface area contributed by atoms with Crippen LogP contribution in [0.3, 0.4) is 0 Å². The number of aromatic nitrogens is 1. The van der Waals surface area contributed by atoms with Gasteiger partial charge in [-0.2, -0.15) is 0 Å². The summed E-state index contributed by atoms with van der Waals surface area (Å²) in [6.07, 6.45) is 0. The van der Waals surface area contributed by atoms with Crippen LogP contribution in [0.2, 0.25) is 0 Å². The maximum atomic E-state index is 14.2. The summed E-state index contributed by atoms with van der Waals surface area (Å²) < 4.78 is 15.3. The van der Waals surface area contributed by atoms with Gasteiger partial charge in [-0.25, -0.2) is 9.37 Å². The van der Waals surface area contributed by atoms with Gasteiger partial charge in [-0.3, -0.25) is 9.69 Å². The van der Waals surface area contributed by atoms with Gasteiger partial charge in [0.2, 0.25) is 0 Å². The van der Waals surface area contributed by atoms with Crippen LogP contribution in [0.5, 0.6) is 0 Å². The summed E-state index contributed by atoms with van der Waals surface area (Å²) in [4.78, 5) is 21.7. The van der Waals surface area contributed by atoms with Gasteiger partial charge in [0.05, 0.1) is 15.8 Å². The molecule has 3 aromatic rings. The Balaban J connectivity index is 1.99. The molecule has 1 amide bonds. The summed E-state index contributed by atoms with van der Waals surface area (Å²) >= 11 is 1.47. The Kier molecular flexibility index (Phi) is 6.19. The van der Waals surface area contributed by atoms with Crippen LogP contribution in [-0.2, 0) is 0 Å². The van der Waals surface area contributed by atoms with Crippen molar-refractivity contribution in [2.75, 3.05) is 31.1 Å². The van der Waals surface area contributed by atoms with Crippen LogP contribution in [0.25, 0.3) is 10.2 Å². The summed E-state index contributed by atoms with van der Waals surface area (Å²) in [5.74, 6) is -0.857. The highest BCUT2D eigenvalue weighted by Gasteiger charge is 2.24. The zero-order valence-corrected chi connectivity index (χ0v) is 16.7. The Hall–Kier alpha value is -2.31. The molecule has 3 rings (SSSR count). The molecule has 0 spiro atoms. The number of para-hydroxylation sites is 1. The molecule has 0 fully saturated rings. The second-order valence-electron chi connectivity index (χ2n) is 6.38. The smallest absolute Gasteiger partial charge is 0.263 e. The number of aryl methyl sites for hydroxylation is 1.